The molecule has 1 aliphatic heterocycles. The number of aliphatic imine (C=N–C) groups is 1. The molecule has 0 saturated heterocycles. The van der Waals surface area contributed by atoms with Gasteiger partial charge in [-0.05, 0) is 18.2 Å². The average Bonchev–Trinajstić information content (AvgIpc) is 2.41. The van der Waals surface area contributed by atoms with E-state index in [-0.39, 0.29) is 11.6 Å². The second-order valence-electron chi connectivity index (χ2n) is 2.78. The van der Waals surface area contributed by atoms with Crippen molar-refractivity contribution in [3.8, 4) is 0 Å². The van der Waals surface area contributed by atoms with Gasteiger partial charge in [-0.15, -0.1) is 0 Å². The summed E-state index contributed by atoms with van der Waals surface area (Å²) in [5.41, 5.74) is 5.04. The molecular weight excluding hydrogens is 195 g/mol. The molecule has 0 unspecified atom stereocenters. The van der Waals surface area contributed by atoms with Crippen LogP contribution in [0.5, 0.6) is 0 Å². The van der Waals surface area contributed by atoms with Gasteiger partial charge in [0, 0.05) is 0 Å². The Kier molecular flexibility index (Phi) is 1.67. The van der Waals surface area contributed by atoms with Crippen molar-refractivity contribution in [3.63, 3.8) is 0 Å². The van der Waals surface area contributed by atoms with Crippen molar-refractivity contribution in [1.29, 1.82) is 0 Å². The molecule has 1 radical (unpaired) electrons. The second kappa shape index (κ2) is 2.63. The zero-order chi connectivity index (χ0) is 10.3. The highest BCUT2D eigenvalue weighted by Gasteiger charge is 2.31. The van der Waals surface area contributed by atoms with Gasteiger partial charge in [0.2, 0.25) is 5.96 Å². The van der Waals surface area contributed by atoms with Crippen LogP contribution >= 0.6 is 0 Å². The van der Waals surface area contributed by atoms with Crippen molar-refractivity contribution >= 4 is 17.3 Å². The van der Waals surface area contributed by atoms with Crippen LogP contribution in [0, 0.1) is 0 Å². The number of benzene rings is 1. The predicted molar refractivity (Wildman–Crippen MR) is 44.5 cm³/mol. The number of hydrogen-bond acceptors (Lipinski definition) is 2. The van der Waals surface area contributed by atoms with Crippen molar-refractivity contribution in [1.82, 2.24) is 5.32 Å². The summed E-state index contributed by atoms with van der Waals surface area (Å²) < 4.78 is 36.7. The highest BCUT2D eigenvalue weighted by Crippen LogP contribution is 2.36. The topological polar surface area (TPSA) is 52.5 Å². The number of fused-ring (bicyclic) bond motifs is 1. The molecule has 1 aliphatic rings. The minimum absolute atomic E-state index is 0.0145. The number of rotatable bonds is 0. The molecule has 6 heteroatoms. The standard InChI is InChI=1S/C8H5F3N3/c9-8(10,11)4-1-2-5-6(3-4)14-7(12)13-5/h1-3H,(H2,12,14). The fraction of sp³-hybridized carbons (Fsp3) is 0.125. The number of guanidine groups is 1. The molecule has 3 nitrogen and oxygen atoms in total. The fourth-order valence-corrected chi connectivity index (χ4v) is 1.16. The van der Waals surface area contributed by atoms with E-state index in [4.69, 9.17) is 5.73 Å². The van der Waals surface area contributed by atoms with Gasteiger partial charge < -0.3 is 5.73 Å². The summed E-state index contributed by atoms with van der Waals surface area (Å²) in [5, 5.41) is 3.74. The maximum Gasteiger partial charge on any atom is 0.416 e. The highest BCUT2D eigenvalue weighted by molar-refractivity contribution is 5.93. The minimum atomic E-state index is -4.36. The van der Waals surface area contributed by atoms with Crippen molar-refractivity contribution < 1.29 is 13.2 Å². The molecule has 1 aromatic carbocycles. The van der Waals surface area contributed by atoms with E-state index >= 15 is 0 Å². The van der Waals surface area contributed by atoms with E-state index < -0.39 is 11.7 Å². The molecule has 0 spiro atoms. The van der Waals surface area contributed by atoms with Gasteiger partial charge in [-0.1, -0.05) is 0 Å². The zero-order valence-electron chi connectivity index (χ0n) is 6.84. The first kappa shape index (κ1) is 8.86. The van der Waals surface area contributed by atoms with E-state index in [0.29, 0.717) is 5.69 Å². The molecule has 0 aromatic heterocycles. The van der Waals surface area contributed by atoms with Gasteiger partial charge in [0.25, 0.3) is 0 Å². The number of nitrogens with zero attached hydrogens (tertiary/aromatic N) is 2. The average molecular weight is 200 g/mol. The van der Waals surface area contributed by atoms with Gasteiger partial charge in [0.1, 0.15) is 0 Å². The van der Waals surface area contributed by atoms with Crippen LogP contribution in [0.2, 0.25) is 0 Å². The quantitative estimate of drug-likeness (QED) is 0.683. The zero-order valence-corrected chi connectivity index (χ0v) is 6.84. The molecule has 2 rings (SSSR count). The lowest BCUT2D eigenvalue weighted by Gasteiger charge is -2.06. The van der Waals surface area contributed by atoms with E-state index in [9.17, 15) is 13.2 Å². The van der Waals surface area contributed by atoms with E-state index in [1.54, 1.807) is 0 Å². The third-order valence-electron chi connectivity index (χ3n) is 1.77. The van der Waals surface area contributed by atoms with E-state index in [2.05, 4.69) is 10.3 Å². The Balaban J connectivity index is 2.46. The van der Waals surface area contributed by atoms with Crippen LogP contribution in [0.1, 0.15) is 5.56 Å². The summed E-state index contributed by atoms with van der Waals surface area (Å²) in [7, 11) is 0. The number of hydrogen-bond donors (Lipinski definition) is 1. The first-order chi connectivity index (χ1) is 6.47. The van der Waals surface area contributed by atoms with Gasteiger partial charge >= 0.3 is 6.18 Å². The minimum Gasteiger partial charge on any atom is -0.368 e. The van der Waals surface area contributed by atoms with Gasteiger partial charge in [-0.25, -0.2) is 10.3 Å². The molecule has 14 heavy (non-hydrogen) atoms. The SMILES string of the molecule is NC1=Nc2cc(C(F)(F)F)ccc2[N]1. The third-order valence-corrected chi connectivity index (χ3v) is 1.77. The van der Waals surface area contributed by atoms with Crippen molar-refractivity contribution in [2.24, 2.45) is 10.7 Å². The number of halogens is 3. The molecule has 0 bridgehead atoms. The first-order valence-electron chi connectivity index (χ1n) is 3.74. The summed E-state index contributed by atoms with van der Waals surface area (Å²) in [4.78, 5) is 3.65. The molecule has 0 amide bonds. The van der Waals surface area contributed by atoms with Gasteiger partial charge in [0.05, 0.1) is 16.9 Å². The normalized spacial score (nSPS) is 14.6. The largest absolute Gasteiger partial charge is 0.416 e. The lowest BCUT2D eigenvalue weighted by Crippen LogP contribution is -2.16. The molecule has 2 N–H and O–H groups in total. The van der Waals surface area contributed by atoms with Crippen LogP contribution in [-0.4, -0.2) is 5.96 Å². The molecule has 1 aromatic rings. The van der Waals surface area contributed by atoms with E-state index in [0.717, 1.165) is 12.1 Å². The van der Waals surface area contributed by atoms with Crippen molar-refractivity contribution in [2.45, 2.75) is 6.18 Å². The number of nitrogens with two attached hydrogens (primary N) is 1. The Morgan fingerprint density at radius 1 is 1.14 bits per heavy atom. The van der Waals surface area contributed by atoms with Gasteiger partial charge in [-0.3, -0.25) is 0 Å². The Morgan fingerprint density at radius 2 is 1.86 bits per heavy atom. The molecule has 0 fully saturated rings. The monoisotopic (exact) mass is 200 g/mol. The summed E-state index contributed by atoms with van der Waals surface area (Å²) >= 11 is 0. The highest BCUT2D eigenvalue weighted by atomic mass is 19.4. The molecule has 0 atom stereocenters. The van der Waals surface area contributed by atoms with E-state index in [1.165, 1.54) is 6.07 Å². The second-order valence-corrected chi connectivity index (χ2v) is 2.78. The first-order valence-corrected chi connectivity index (χ1v) is 3.74. The maximum atomic E-state index is 12.2. The molecule has 0 saturated carbocycles. The molecule has 73 valence electrons. The summed E-state index contributed by atoms with van der Waals surface area (Å²) in [5.74, 6) is -0.0145. The van der Waals surface area contributed by atoms with Crippen molar-refractivity contribution in [2.75, 3.05) is 0 Å². The van der Waals surface area contributed by atoms with E-state index in [1.807, 2.05) is 0 Å². The van der Waals surface area contributed by atoms with Gasteiger partial charge in [-0.2, -0.15) is 13.2 Å². The summed E-state index contributed by atoms with van der Waals surface area (Å²) in [6, 6.07) is 3.14. The Labute approximate surface area is 77.4 Å². The summed E-state index contributed by atoms with van der Waals surface area (Å²) in [6.45, 7) is 0. The fourth-order valence-electron chi connectivity index (χ4n) is 1.16. The Hall–Kier alpha value is -1.72. The van der Waals surface area contributed by atoms with Crippen LogP contribution in [0.25, 0.3) is 0 Å². The van der Waals surface area contributed by atoms with Crippen LogP contribution in [0.15, 0.2) is 23.2 Å². The lowest BCUT2D eigenvalue weighted by atomic mass is 10.2. The third kappa shape index (κ3) is 1.39. The smallest absolute Gasteiger partial charge is 0.368 e. The summed E-state index contributed by atoms with van der Waals surface area (Å²) in [6.07, 6.45) is -4.36. The molecule has 1 heterocycles. The maximum absolute atomic E-state index is 12.2. The van der Waals surface area contributed by atoms with Crippen LogP contribution in [-0.2, 0) is 6.18 Å². The van der Waals surface area contributed by atoms with Crippen LogP contribution in [0.4, 0.5) is 24.5 Å². The predicted octanol–water partition coefficient (Wildman–Crippen LogP) is 1.90. The van der Waals surface area contributed by atoms with Crippen LogP contribution < -0.4 is 11.1 Å². The Bertz CT molecular complexity index is 409. The number of alkyl halides is 3. The lowest BCUT2D eigenvalue weighted by molar-refractivity contribution is -0.137. The van der Waals surface area contributed by atoms with Crippen molar-refractivity contribution in [3.05, 3.63) is 23.8 Å². The molecule has 0 aliphatic carbocycles. The molecular formula is C8H5F3N3. The van der Waals surface area contributed by atoms with Gasteiger partial charge in [0.15, 0.2) is 0 Å². The van der Waals surface area contributed by atoms with Crippen LogP contribution in [0.3, 0.4) is 0 Å². The Morgan fingerprint density at radius 3 is 2.50 bits per heavy atom.